The van der Waals surface area contributed by atoms with Gasteiger partial charge in [-0.3, -0.25) is 14.7 Å². The van der Waals surface area contributed by atoms with Gasteiger partial charge in [0, 0.05) is 17.0 Å². The Morgan fingerprint density at radius 3 is 2.96 bits per heavy atom. The van der Waals surface area contributed by atoms with Gasteiger partial charge < -0.3 is 5.32 Å². The monoisotopic (exact) mass is 303 g/mol. The summed E-state index contributed by atoms with van der Waals surface area (Å²) in [5.41, 5.74) is 3.91. The number of anilines is 1. The number of nitrogens with one attached hydrogen (secondary N) is 2. The molecule has 1 aliphatic heterocycles. The van der Waals surface area contributed by atoms with E-state index in [9.17, 15) is 9.59 Å². The molecule has 1 aromatic heterocycles. The van der Waals surface area contributed by atoms with Crippen molar-refractivity contribution in [1.82, 2.24) is 10.2 Å². The molecule has 0 unspecified atom stereocenters. The highest BCUT2D eigenvalue weighted by Gasteiger charge is 2.65. The Morgan fingerprint density at radius 2 is 2.09 bits per heavy atom. The van der Waals surface area contributed by atoms with Gasteiger partial charge in [0.2, 0.25) is 5.91 Å². The van der Waals surface area contributed by atoms with E-state index in [0.717, 1.165) is 40.4 Å². The summed E-state index contributed by atoms with van der Waals surface area (Å²) < 4.78 is 0. The van der Waals surface area contributed by atoms with Gasteiger partial charge in [0.05, 0.1) is 10.9 Å². The molecule has 2 aliphatic rings. The second-order valence-corrected chi connectivity index (χ2v) is 6.26. The van der Waals surface area contributed by atoms with Gasteiger partial charge in [-0.15, -0.1) is 0 Å². The maximum absolute atomic E-state index is 12.5. The van der Waals surface area contributed by atoms with Gasteiger partial charge in [-0.05, 0) is 29.7 Å². The van der Waals surface area contributed by atoms with Crippen molar-refractivity contribution < 1.29 is 9.59 Å². The van der Waals surface area contributed by atoms with Gasteiger partial charge in [0.25, 0.3) is 0 Å². The van der Waals surface area contributed by atoms with Crippen LogP contribution < -0.4 is 5.32 Å². The van der Waals surface area contributed by atoms with E-state index < -0.39 is 5.41 Å². The summed E-state index contributed by atoms with van der Waals surface area (Å²) in [6.07, 6.45) is 1.58. The molecule has 0 radical (unpaired) electrons. The minimum atomic E-state index is -0.436. The molecule has 2 aromatic carbocycles. The maximum Gasteiger partial charge on any atom is 0.235 e. The minimum Gasteiger partial charge on any atom is -0.325 e. The number of aromatic nitrogens is 2. The van der Waals surface area contributed by atoms with Crippen molar-refractivity contribution >= 4 is 28.8 Å². The Bertz CT molecular complexity index is 991. The highest BCUT2D eigenvalue weighted by molar-refractivity contribution is 6.10. The number of hydrogen-bond acceptors (Lipinski definition) is 3. The summed E-state index contributed by atoms with van der Waals surface area (Å²) in [5.74, 6) is 0.242. The van der Waals surface area contributed by atoms with Crippen LogP contribution in [0.15, 0.2) is 42.5 Å². The number of carbonyl (C=O) groups excluding carboxylic acids is 2. The van der Waals surface area contributed by atoms with Gasteiger partial charge in [-0.25, -0.2) is 0 Å². The summed E-state index contributed by atoms with van der Waals surface area (Å²) >= 11 is 0. The molecule has 1 saturated carbocycles. The lowest BCUT2D eigenvalue weighted by Crippen LogP contribution is -2.20. The Kier molecular flexibility index (Phi) is 2.23. The summed E-state index contributed by atoms with van der Waals surface area (Å²) in [5, 5.41) is 10.7. The van der Waals surface area contributed by atoms with Crippen LogP contribution in [0.2, 0.25) is 0 Å². The second kappa shape index (κ2) is 4.07. The third-order valence-corrected chi connectivity index (χ3v) is 5.15. The first-order valence-electron chi connectivity index (χ1n) is 7.58. The largest absolute Gasteiger partial charge is 0.325 e. The standard InChI is InChI=1S/C18H13N3O2/c22-9-16-11-6-5-10(7-15(11)20-21-16)13-8-18(13)12-3-1-2-4-14(12)19-17(18)23/h1-7,9,13H,8H2,(H,19,23)(H,20,21)/t13-,18-/m0/s1. The summed E-state index contributed by atoms with van der Waals surface area (Å²) in [6, 6.07) is 13.8. The third-order valence-electron chi connectivity index (χ3n) is 5.15. The molecule has 1 spiro atoms. The van der Waals surface area contributed by atoms with Crippen molar-refractivity contribution in [1.29, 1.82) is 0 Å². The molecule has 1 aliphatic carbocycles. The van der Waals surface area contributed by atoms with Crippen LogP contribution in [0.1, 0.15) is 34.0 Å². The Morgan fingerprint density at radius 1 is 1.22 bits per heavy atom. The zero-order valence-corrected chi connectivity index (χ0v) is 12.2. The van der Waals surface area contributed by atoms with Crippen LogP contribution in [0.4, 0.5) is 5.69 Å². The highest BCUT2D eigenvalue weighted by atomic mass is 16.2. The molecule has 2 heterocycles. The predicted octanol–water partition coefficient (Wildman–Crippen LogP) is 2.75. The molecule has 5 rings (SSSR count). The summed E-state index contributed by atoms with van der Waals surface area (Å²) in [4.78, 5) is 23.5. The molecular formula is C18H13N3O2. The Labute approximate surface area is 131 Å². The molecule has 2 N–H and O–H groups in total. The second-order valence-electron chi connectivity index (χ2n) is 6.26. The number of rotatable bonds is 2. The first-order valence-corrected chi connectivity index (χ1v) is 7.58. The fourth-order valence-electron chi connectivity index (χ4n) is 3.91. The molecule has 3 aromatic rings. The van der Waals surface area contributed by atoms with Gasteiger partial charge in [0.15, 0.2) is 6.29 Å². The Balaban J connectivity index is 1.60. The van der Waals surface area contributed by atoms with E-state index >= 15 is 0 Å². The smallest absolute Gasteiger partial charge is 0.235 e. The van der Waals surface area contributed by atoms with Crippen LogP contribution in [0, 0.1) is 0 Å². The van der Waals surface area contributed by atoms with Crippen LogP contribution in [0.5, 0.6) is 0 Å². The number of hydrogen-bond donors (Lipinski definition) is 2. The average Bonchev–Trinajstić information content (AvgIpc) is 3.10. The highest BCUT2D eigenvalue weighted by Crippen LogP contribution is 2.64. The zero-order chi connectivity index (χ0) is 15.6. The summed E-state index contributed by atoms with van der Waals surface area (Å²) in [7, 11) is 0. The van der Waals surface area contributed by atoms with Crippen LogP contribution in [-0.4, -0.2) is 22.4 Å². The molecule has 0 bridgehead atoms. The Hall–Kier alpha value is -2.95. The molecular weight excluding hydrogens is 290 g/mol. The van der Waals surface area contributed by atoms with Crippen molar-refractivity contribution in [3.8, 4) is 0 Å². The SMILES string of the molecule is O=Cc1[nH]nc2cc([C@@H]3C[C@@]34C(=O)Nc3ccccc34)ccc12. The van der Waals surface area contributed by atoms with Gasteiger partial charge in [-0.2, -0.15) is 5.10 Å². The average molecular weight is 303 g/mol. The number of aldehydes is 1. The molecule has 0 saturated heterocycles. The molecule has 112 valence electrons. The fourth-order valence-corrected chi connectivity index (χ4v) is 3.91. The lowest BCUT2D eigenvalue weighted by molar-refractivity contribution is -0.118. The van der Waals surface area contributed by atoms with Crippen molar-refractivity contribution in [3.63, 3.8) is 0 Å². The van der Waals surface area contributed by atoms with E-state index in [1.54, 1.807) is 0 Å². The van der Waals surface area contributed by atoms with Crippen LogP contribution in [0.3, 0.4) is 0 Å². The topological polar surface area (TPSA) is 74.8 Å². The first-order chi connectivity index (χ1) is 11.2. The van der Waals surface area contributed by atoms with E-state index in [-0.39, 0.29) is 11.8 Å². The number of carbonyl (C=O) groups is 2. The van der Waals surface area contributed by atoms with E-state index in [4.69, 9.17) is 0 Å². The minimum absolute atomic E-state index is 0.0828. The van der Waals surface area contributed by atoms with Crippen LogP contribution >= 0.6 is 0 Å². The van der Waals surface area contributed by atoms with Crippen molar-refractivity contribution in [2.45, 2.75) is 17.8 Å². The van der Waals surface area contributed by atoms with Gasteiger partial charge in [0.1, 0.15) is 5.69 Å². The molecule has 5 nitrogen and oxygen atoms in total. The number of amides is 1. The third kappa shape index (κ3) is 1.49. The number of nitrogens with zero attached hydrogens (tertiary/aromatic N) is 1. The lowest BCUT2D eigenvalue weighted by atomic mass is 9.92. The normalized spacial score (nSPS) is 24.7. The van der Waals surface area contributed by atoms with E-state index in [2.05, 4.69) is 15.5 Å². The van der Waals surface area contributed by atoms with Gasteiger partial charge >= 0.3 is 0 Å². The summed E-state index contributed by atoms with van der Waals surface area (Å²) in [6.45, 7) is 0. The zero-order valence-electron chi connectivity index (χ0n) is 12.2. The van der Waals surface area contributed by atoms with Crippen molar-refractivity contribution in [2.75, 3.05) is 5.32 Å². The van der Waals surface area contributed by atoms with Crippen LogP contribution in [-0.2, 0) is 10.2 Å². The number of fused-ring (bicyclic) bond motifs is 3. The number of benzene rings is 2. The molecule has 5 heteroatoms. The number of aromatic amines is 1. The molecule has 1 fully saturated rings. The van der Waals surface area contributed by atoms with E-state index in [1.807, 2.05) is 42.5 Å². The first kappa shape index (κ1) is 12.6. The fraction of sp³-hybridized carbons (Fsp3) is 0.167. The maximum atomic E-state index is 12.5. The molecule has 23 heavy (non-hydrogen) atoms. The quantitative estimate of drug-likeness (QED) is 0.715. The van der Waals surface area contributed by atoms with Crippen molar-refractivity contribution in [3.05, 3.63) is 59.3 Å². The lowest BCUT2D eigenvalue weighted by Gasteiger charge is -2.08. The van der Waals surface area contributed by atoms with Crippen molar-refractivity contribution in [2.24, 2.45) is 0 Å². The van der Waals surface area contributed by atoms with E-state index in [0.29, 0.717) is 5.69 Å². The van der Waals surface area contributed by atoms with E-state index in [1.165, 1.54) is 0 Å². The molecule has 1 amide bonds. The number of para-hydroxylation sites is 1. The van der Waals surface area contributed by atoms with Gasteiger partial charge in [-0.1, -0.05) is 30.3 Å². The number of H-pyrrole nitrogens is 1. The molecule has 2 atom stereocenters. The van der Waals surface area contributed by atoms with Crippen LogP contribution in [0.25, 0.3) is 10.9 Å². The predicted molar refractivity (Wildman–Crippen MR) is 85.6 cm³/mol.